The largest absolute Gasteiger partial charge is 0.479 e. The second-order valence-electron chi connectivity index (χ2n) is 2.86. The van der Waals surface area contributed by atoms with Crippen LogP contribution in [0.5, 0.6) is 0 Å². The van der Waals surface area contributed by atoms with Crippen molar-refractivity contribution in [1.82, 2.24) is 0 Å². The highest BCUT2D eigenvalue weighted by Crippen LogP contribution is 2.14. The molecule has 0 fully saturated rings. The van der Waals surface area contributed by atoms with Gasteiger partial charge in [-0.05, 0) is 17.7 Å². The number of hydrogen-bond donors (Lipinski definition) is 3. The van der Waals surface area contributed by atoms with Crippen LogP contribution in [0.3, 0.4) is 0 Å². The minimum absolute atomic E-state index is 0. The molecule has 0 aliphatic carbocycles. The van der Waals surface area contributed by atoms with Crippen molar-refractivity contribution in [2.24, 2.45) is 5.73 Å². The van der Waals surface area contributed by atoms with Gasteiger partial charge in [-0.25, -0.2) is 9.18 Å². The molecule has 0 heterocycles. The molecule has 0 radical (unpaired) electrons. The summed E-state index contributed by atoms with van der Waals surface area (Å²) in [6.07, 6.45) is -1.68. The lowest BCUT2D eigenvalue weighted by Crippen LogP contribution is -2.33. The fraction of sp³-hybridized carbons (Fsp3) is 0.222. The monoisotopic (exact) mass is 235 g/mol. The number of hydrogen-bond acceptors (Lipinski definition) is 3. The molecule has 0 spiro atoms. The summed E-state index contributed by atoms with van der Waals surface area (Å²) < 4.78 is 12.5. The van der Waals surface area contributed by atoms with Crippen LogP contribution in [0, 0.1) is 5.82 Å². The quantitative estimate of drug-likeness (QED) is 0.720. The molecular formula is C9H11ClFNO3. The number of aliphatic carboxylic acids is 1. The lowest BCUT2D eigenvalue weighted by molar-refractivity contribution is -0.147. The number of halogens is 2. The van der Waals surface area contributed by atoms with Crippen LogP contribution in [-0.2, 0) is 4.79 Å². The zero-order chi connectivity index (χ0) is 10.7. The van der Waals surface area contributed by atoms with Crippen LogP contribution >= 0.6 is 12.4 Å². The lowest BCUT2D eigenvalue weighted by atomic mass is 10.0. The SMILES string of the molecule is Cl.N[C@@H](c1ccc(F)cc1)[C@@H](O)C(=O)O. The lowest BCUT2D eigenvalue weighted by Gasteiger charge is -2.14. The Morgan fingerprint density at radius 2 is 1.80 bits per heavy atom. The van der Waals surface area contributed by atoms with Crippen LogP contribution in [0.2, 0.25) is 0 Å². The van der Waals surface area contributed by atoms with Crippen molar-refractivity contribution in [1.29, 1.82) is 0 Å². The first-order valence-electron chi connectivity index (χ1n) is 3.94. The molecular weight excluding hydrogens is 225 g/mol. The number of carbonyl (C=O) groups is 1. The van der Waals surface area contributed by atoms with Crippen LogP contribution < -0.4 is 5.73 Å². The van der Waals surface area contributed by atoms with Crippen molar-refractivity contribution in [2.45, 2.75) is 12.1 Å². The predicted molar refractivity (Wildman–Crippen MR) is 54.2 cm³/mol. The van der Waals surface area contributed by atoms with Gasteiger partial charge in [0.05, 0.1) is 6.04 Å². The zero-order valence-corrected chi connectivity index (χ0v) is 8.45. The molecule has 0 bridgehead atoms. The normalized spacial score (nSPS) is 13.8. The summed E-state index contributed by atoms with van der Waals surface area (Å²) in [5, 5.41) is 17.6. The molecule has 4 N–H and O–H groups in total. The number of aliphatic hydroxyl groups is 1. The fourth-order valence-corrected chi connectivity index (χ4v) is 1.02. The summed E-state index contributed by atoms with van der Waals surface area (Å²) in [4.78, 5) is 10.4. The second kappa shape index (κ2) is 5.65. The molecule has 1 aromatic rings. The number of carboxylic acids is 1. The van der Waals surface area contributed by atoms with Crippen LogP contribution in [-0.4, -0.2) is 22.3 Å². The highest BCUT2D eigenvalue weighted by Gasteiger charge is 2.23. The van der Waals surface area contributed by atoms with E-state index in [4.69, 9.17) is 15.9 Å². The van der Waals surface area contributed by atoms with E-state index < -0.39 is 23.9 Å². The van der Waals surface area contributed by atoms with Crippen LogP contribution in [0.25, 0.3) is 0 Å². The standard InChI is InChI=1S/C9H10FNO3.ClH/c10-6-3-1-5(2-4-6)7(11)8(12)9(13)14;/h1-4,7-8,12H,11H2,(H,13,14);1H/t7-,8+;/m0./s1. The maximum atomic E-state index is 12.5. The van der Waals surface area contributed by atoms with E-state index in [1.54, 1.807) is 0 Å². The first-order chi connectivity index (χ1) is 6.52. The van der Waals surface area contributed by atoms with Crippen molar-refractivity contribution in [3.8, 4) is 0 Å². The van der Waals surface area contributed by atoms with Gasteiger partial charge >= 0.3 is 5.97 Å². The topological polar surface area (TPSA) is 83.5 Å². The van der Waals surface area contributed by atoms with E-state index in [0.29, 0.717) is 5.56 Å². The zero-order valence-electron chi connectivity index (χ0n) is 7.63. The Bertz CT molecular complexity index is 331. The van der Waals surface area contributed by atoms with Gasteiger partial charge in [0, 0.05) is 0 Å². The van der Waals surface area contributed by atoms with Crippen molar-refractivity contribution < 1.29 is 19.4 Å². The van der Waals surface area contributed by atoms with Gasteiger partial charge in [-0.1, -0.05) is 12.1 Å². The van der Waals surface area contributed by atoms with Gasteiger partial charge in [0.15, 0.2) is 6.10 Å². The number of rotatable bonds is 3. The van der Waals surface area contributed by atoms with Gasteiger partial charge in [0.1, 0.15) is 5.82 Å². The maximum absolute atomic E-state index is 12.5. The van der Waals surface area contributed by atoms with Gasteiger partial charge in [-0.2, -0.15) is 0 Å². The Labute approximate surface area is 91.9 Å². The maximum Gasteiger partial charge on any atom is 0.334 e. The Hall–Kier alpha value is -1.17. The minimum atomic E-state index is -1.68. The molecule has 0 aromatic heterocycles. The Balaban J connectivity index is 0.00000196. The third kappa shape index (κ3) is 3.47. The predicted octanol–water partition coefficient (Wildman–Crippen LogP) is 0.693. The molecule has 4 nitrogen and oxygen atoms in total. The summed E-state index contributed by atoms with van der Waals surface area (Å²) in [6.45, 7) is 0. The number of benzene rings is 1. The first-order valence-corrected chi connectivity index (χ1v) is 3.94. The molecule has 0 amide bonds. The average molecular weight is 236 g/mol. The molecule has 1 rings (SSSR count). The van der Waals surface area contributed by atoms with Crippen LogP contribution in [0.15, 0.2) is 24.3 Å². The van der Waals surface area contributed by atoms with E-state index >= 15 is 0 Å². The van der Waals surface area contributed by atoms with Gasteiger partial charge in [-0.3, -0.25) is 0 Å². The molecule has 1 aromatic carbocycles. The van der Waals surface area contributed by atoms with Crippen LogP contribution in [0.4, 0.5) is 4.39 Å². The number of aliphatic hydroxyl groups excluding tert-OH is 1. The molecule has 0 saturated carbocycles. The molecule has 2 atom stereocenters. The summed E-state index contributed by atoms with van der Waals surface area (Å²) in [6, 6.07) is 3.94. The first kappa shape index (κ1) is 13.8. The van der Waals surface area contributed by atoms with E-state index in [2.05, 4.69) is 0 Å². The highest BCUT2D eigenvalue weighted by molar-refractivity contribution is 5.85. The summed E-state index contributed by atoms with van der Waals surface area (Å²) in [5.41, 5.74) is 5.81. The molecule has 0 aliphatic rings. The summed E-state index contributed by atoms with van der Waals surface area (Å²) >= 11 is 0. The molecule has 0 saturated heterocycles. The Morgan fingerprint density at radius 1 is 1.33 bits per heavy atom. The van der Waals surface area contributed by atoms with Gasteiger partial charge in [-0.15, -0.1) is 12.4 Å². The van der Waals surface area contributed by atoms with Gasteiger partial charge < -0.3 is 15.9 Å². The van der Waals surface area contributed by atoms with E-state index in [1.807, 2.05) is 0 Å². The number of nitrogens with two attached hydrogens (primary N) is 1. The fourth-order valence-electron chi connectivity index (χ4n) is 1.02. The van der Waals surface area contributed by atoms with E-state index in [9.17, 15) is 9.18 Å². The van der Waals surface area contributed by atoms with Gasteiger partial charge in [0.25, 0.3) is 0 Å². The van der Waals surface area contributed by atoms with Gasteiger partial charge in [0.2, 0.25) is 0 Å². The van der Waals surface area contributed by atoms with E-state index in [1.165, 1.54) is 12.1 Å². The third-order valence-corrected chi connectivity index (χ3v) is 1.85. The Morgan fingerprint density at radius 3 is 2.20 bits per heavy atom. The second-order valence-corrected chi connectivity index (χ2v) is 2.86. The van der Waals surface area contributed by atoms with Crippen molar-refractivity contribution in [2.75, 3.05) is 0 Å². The summed E-state index contributed by atoms with van der Waals surface area (Å²) in [5.74, 6) is -1.84. The number of carboxylic acid groups (broad SMARTS) is 1. The average Bonchev–Trinajstić information content (AvgIpc) is 2.16. The third-order valence-electron chi connectivity index (χ3n) is 1.85. The van der Waals surface area contributed by atoms with E-state index in [0.717, 1.165) is 12.1 Å². The van der Waals surface area contributed by atoms with Crippen molar-refractivity contribution in [3.05, 3.63) is 35.6 Å². The Kier molecular flexibility index (Phi) is 5.21. The molecule has 0 unspecified atom stereocenters. The molecule has 6 heteroatoms. The summed E-state index contributed by atoms with van der Waals surface area (Å²) in [7, 11) is 0. The highest BCUT2D eigenvalue weighted by atomic mass is 35.5. The minimum Gasteiger partial charge on any atom is -0.479 e. The van der Waals surface area contributed by atoms with Crippen LogP contribution in [0.1, 0.15) is 11.6 Å². The van der Waals surface area contributed by atoms with Crippen molar-refractivity contribution in [3.63, 3.8) is 0 Å². The molecule has 15 heavy (non-hydrogen) atoms. The molecule has 0 aliphatic heterocycles. The smallest absolute Gasteiger partial charge is 0.334 e. The molecule has 84 valence electrons. The van der Waals surface area contributed by atoms with Crippen molar-refractivity contribution >= 4 is 18.4 Å². The van der Waals surface area contributed by atoms with E-state index in [-0.39, 0.29) is 12.4 Å².